The van der Waals surface area contributed by atoms with Crippen LogP contribution < -0.4 is 10.7 Å². The number of amides is 2. The monoisotopic (exact) mass is 964 g/mol. The summed E-state index contributed by atoms with van der Waals surface area (Å²) in [5, 5.41) is 8.52. The van der Waals surface area contributed by atoms with Gasteiger partial charge in [-0.05, 0) is 115 Å². The number of hydrogen-bond acceptors (Lipinski definition) is 12. The first-order valence-electron chi connectivity index (χ1n) is 24.2. The highest BCUT2D eigenvalue weighted by atomic mass is 32.1. The number of allylic oxidation sites excluding steroid dienone is 1. The molecule has 3 aromatic heterocycles. The van der Waals surface area contributed by atoms with Crippen molar-refractivity contribution in [2.45, 2.75) is 111 Å². The molecule has 0 radical (unpaired) electrons. The Bertz CT molecular complexity index is 2470. The molecule has 3 atom stereocenters. The number of likely N-dealkylation sites (N-methyl/N-ethyl adjacent to an activating group) is 1. The number of rotatable bonds is 19. The fraction of sp³-hybridized carbons (Fsp3) is 0.537. The quantitative estimate of drug-likeness (QED) is 0.0699. The van der Waals surface area contributed by atoms with Crippen molar-refractivity contribution < 1.29 is 23.9 Å². The number of fused-ring (bicyclic) bond motifs is 1. The summed E-state index contributed by atoms with van der Waals surface area (Å²) in [6.07, 6.45) is 8.51. The number of thiazole rings is 1. The first kappa shape index (κ1) is 54.4. The van der Waals surface area contributed by atoms with E-state index in [-0.39, 0.29) is 47.8 Å². The Hall–Kier alpha value is -5.53. The first-order valence-corrected chi connectivity index (χ1v) is 25.0. The maximum atomic E-state index is 13.9. The Labute approximate surface area is 415 Å². The van der Waals surface area contributed by atoms with Crippen LogP contribution in [0.3, 0.4) is 0 Å². The molecule has 1 aromatic carbocycles. The van der Waals surface area contributed by atoms with E-state index in [2.05, 4.69) is 109 Å². The number of hydrazine groups is 1. The van der Waals surface area contributed by atoms with E-state index in [0.717, 1.165) is 81.3 Å². The minimum atomic E-state index is -0.800. The van der Waals surface area contributed by atoms with Crippen LogP contribution in [-0.4, -0.2) is 131 Å². The first-order chi connectivity index (χ1) is 32.7. The molecular weight excluding hydrogens is 887 g/mol. The molecule has 5 heterocycles. The van der Waals surface area contributed by atoms with Crippen molar-refractivity contribution in [2.75, 3.05) is 61.0 Å². The summed E-state index contributed by atoms with van der Waals surface area (Å²) >= 11 is 1.47. The number of ether oxygens (including phenoxy) is 2. The summed E-state index contributed by atoms with van der Waals surface area (Å²) in [5.41, 5.74) is 10.4. The number of likely N-dealkylation sites (tertiary alicyclic amines) is 1. The molecular formula is C54H77N9O5S. The SMILES string of the molecule is C=C(C#CC(C)(C)N(C)C)N1CCCC1.C=CN(C)C(C(=O)NC(Cc1nc(-c2ccc3c(c2)c(CC(C)(C)COC=O)c(-c2cccnc2C(C)OC)n3C)cs1)C(=O)N1CCCCN1)C(C)C. The zero-order chi connectivity index (χ0) is 50.6. The van der Waals surface area contributed by atoms with Crippen LogP contribution in [0.2, 0.25) is 0 Å². The van der Waals surface area contributed by atoms with Crippen molar-refractivity contribution in [1.29, 1.82) is 0 Å². The largest absolute Gasteiger partial charge is 0.467 e. The standard InChI is InChI=1S/C41H55N7O5S.C13H22N2/c1-10-46(7)37(26(2)3)39(50)45-32(40(51)48-19-12-11-18-43-48)21-35-44-33(23-54-35)28-15-16-34-30(20-28)31(22-41(5,6)24-53-25-49)38(47(34)8)29-14-13-17-42-36(29)27(4)52-9;1-12(15-10-6-7-11-15)8-9-13(2,3)14(4)5/h10,13-17,20,23,25-27,32,37,43H,1,11-12,18-19,21-22,24H2,2-9H3,(H,45,50);1,6-7,10-11H2,2-5H3. The lowest BCUT2D eigenvalue weighted by Crippen LogP contribution is -2.58. The van der Waals surface area contributed by atoms with E-state index in [1.165, 1.54) is 24.2 Å². The van der Waals surface area contributed by atoms with E-state index in [0.29, 0.717) is 26.0 Å². The number of benzene rings is 1. The second-order valence-electron chi connectivity index (χ2n) is 20.1. The predicted molar refractivity (Wildman–Crippen MR) is 279 cm³/mol. The topological polar surface area (TPSA) is 137 Å². The molecule has 15 heteroatoms. The average molecular weight is 964 g/mol. The number of carbonyl (C=O) groups is 3. The van der Waals surface area contributed by atoms with Gasteiger partial charge in [-0.3, -0.25) is 29.3 Å². The van der Waals surface area contributed by atoms with Gasteiger partial charge >= 0.3 is 0 Å². The number of aromatic nitrogens is 3. The number of nitrogens with zero attached hydrogens (tertiary/aromatic N) is 7. The van der Waals surface area contributed by atoms with Gasteiger partial charge in [0.15, 0.2) is 0 Å². The molecule has 2 fully saturated rings. The molecule has 6 rings (SSSR count). The van der Waals surface area contributed by atoms with E-state index < -0.39 is 12.1 Å². The number of pyridine rings is 1. The number of aryl methyl sites for hydroxylation is 1. The lowest BCUT2D eigenvalue weighted by Gasteiger charge is -2.33. The highest BCUT2D eigenvalue weighted by molar-refractivity contribution is 7.10. The normalized spacial score (nSPS) is 15.4. The molecule has 0 aliphatic carbocycles. The zero-order valence-electron chi connectivity index (χ0n) is 43.3. The highest BCUT2D eigenvalue weighted by Gasteiger charge is 2.33. The number of nitrogens with one attached hydrogen (secondary N) is 2. The lowest BCUT2D eigenvalue weighted by molar-refractivity contribution is -0.141. The van der Waals surface area contributed by atoms with Crippen molar-refractivity contribution in [1.82, 2.24) is 45.0 Å². The van der Waals surface area contributed by atoms with Crippen LogP contribution in [0.25, 0.3) is 33.4 Å². The fourth-order valence-corrected chi connectivity index (χ4v) is 9.60. The van der Waals surface area contributed by atoms with Crippen molar-refractivity contribution >= 4 is 40.5 Å². The van der Waals surface area contributed by atoms with Gasteiger partial charge < -0.3 is 29.2 Å². The summed E-state index contributed by atoms with van der Waals surface area (Å²) in [4.78, 5) is 54.7. The van der Waals surface area contributed by atoms with Crippen molar-refractivity contribution in [3.8, 4) is 34.4 Å². The van der Waals surface area contributed by atoms with Crippen LogP contribution in [0, 0.1) is 23.2 Å². The van der Waals surface area contributed by atoms with Gasteiger partial charge in [-0.15, -0.1) is 11.3 Å². The number of methoxy groups -OCH3 is 1. The highest BCUT2D eigenvalue weighted by Crippen LogP contribution is 2.41. The molecule has 0 bridgehead atoms. The Kier molecular flexibility index (Phi) is 19.2. The van der Waals surface area contributed by atoms with E-state index in [1.807, 2.05) is 53.4 Å². The van der Waals surface area contributed by atoms with Gasteiger partial charge in [0.05, 0.1) is 46.0 Å². The zero-order valence-corrected chi connectivity index (χ0v) is 44.1. The van der Waals surface area contributed by atoms with Crippen LogP contribution >= 0.6 is 11.3 Å². The second-order valence-corrected chi connectivity index (χ2v) is 21.0. The van der Waals surface area contributed by atoms with E-state index in [1.54, 1.807) is 29.4 Å². The van der Waals surface area contributed by atoms with Crippen LogP contribution in [0.5, 0.6) is 0 Å². The molecule has 3 unspecified atom stereocenters. The van der Waals surface area contributed by atoms with E-state index >= 15 is 0 Å². The van der Waals surface area contributed by atoms with Crippen LogP contribution in [0.15, 0.2) is 67.0 Å². The third-order valence-corrected chi connectivity index (χ3v) is 14.2. The second kappa shape index (κ2) is 24.3. The maximum absolute atomic E-state index is 13.9. The molecule has 2 aliphatic heterocycles. The van der Waals surface area contributed by atoms with E-state index in [4.69, 9.17) is 19.4 Å². The molecule has 14 nitrogen and oxygen atoms in total. The van der Waals surface area contributed by atoms with E-state index in [9.17, 15) is 14.4 Å². The van der Waals surface area contributed by atoms with Gasteiger partial charge in [0.2, 0.25) is 5.91 Å². The number of hydrogen-bond donors (Lipinski definition) is 2. The van der Waals surface area contributed by atoms with Gasteiger partial charge in [-0.25, -0.2) is 10.4 Å². The van der Waals surface area contributed by atoms with Crippen LogP contribution in [0.1, 0.15) is 96.5 Å². The molecule has 0 spiro atoms. The minimum absolute atomic E-state index is 0.00196. The Morgan fingerprint density at radius 3 is 2.39 bits per heavy atom. The minimum Gasteiger partial charge on any atom is -0.467 e. The molecule has 2 saturated heterocycles. The van der Waals surface area contributed by atoms with Crippen molar-refractivity contribution in [3.05, 3.63) is 83.2 Å². The van der Waals surface area contributed by atoms with Crippen LogP contribution in [-0.2, 0) is 43.7 Å². The maximum Gasteiger partial charge on any atom is 0.293 e. The molecule has 2 N–H and O–H groups in total. The molecule has 2 amide bonds. The average Bonchev–Trinajstić information content (AvgIpc) is 4.10. The van der Waals surface area contributed by atoms with Gasteiger partial charge in [0, 0.05) is 92.8 Å². The van der Waals surface area contributed by atoms with Gasteiger partial charge in [0.25, 0.3) is 12.4 Å². The third kappa shape index (κ3) is 13.8. The molecule has 2 aliphatic rings. The summed E-state index contributed by atoms with van der Waals surface area (Å²) < 4.78 is 13.2. The molecule has 374 valence electrons. The van der Waals surface area contributed by atoms with Gasteiger partial charge in [0.1, 0.15) is 12.1 Å². The number of carbonyl (C=O) groups excluding carboxylic acids is 3. The summed E-state index contributed by atoms with van der Waals surface area (Å²) in [6.45, 7) is 26.6. The lowest BCUT2D eigenvalue weighted by atomic mass is 9.84. The summed E-state index contributed by atoms with van der Waals surface area (Å²) in [5.74, 6) is 6.05. The summed E-state index contributed by atoms with van der Waals surface area (Å²) in [7, 11) is 9.66. The Balaban J connectivity index is 0.000000504. The smallest absolute Gasteiger partial charge is 0.293 e. The van der Waals surface area contributed by atoms with Crippen LogP contribution in [0.4, 0.5) is 0 Å². The molecule has 69 heavy (non-hydrogen) atoms. The summed E-state index contributed by atoms with van der Waals surface area (Å²) in [6, 6.07) is 9.08. The molecule has 4 aromatic rings. The Morgan fingerprint density at radius 2 is 1.77 bits per heavy atom. The fourth-order valence-electron chi connectivity index (χ4n) is 8.75. The molecule has 0 saturated carbocycles. The van der Waals surface area contributed by atoms with Gasteiger partial charge in [-0.2, -0.15) is 0 Å². The predicted octanol–water partition coefficient (Wildman–Crippen LogP) is 8.01. The van der Waals surface area contributed by atoms with Gasteiger partial charge in [-0.1, -0.05) is 52.8 Å². The Morgan fingerprint density at radius 1 is 1.06 bits per heavy atom. The van der Waals surface area contributed by atoms with Crippen molar-refractivity contribution in [2.24, 2.45) is 18.4 Å². The third-order valence-electron chi connectivity index (χ3n) is 13.3. The van der Waals surface area contributed by atoms with Crippen molar-refractivity contribution in [3.63, 3.8) is 0 Å².